The maximum Gasteiger partial charge on any atom is 0.224 e. The molecule has 0 heterocycles. The van der Waals surface area contributed by atoms with Crippen LogP contribution in [0.2, 0.25) is 5.02 Å². The lowest BCUT2D eigenvalue weighted by Gasteiger charge is -2.06. The Labute approximate surface area is 127 Å². The molecule has 1 N–H and O–H groups in total. The Kier molecular flexibility index (Phi) is 4.91. The number of carbonyl (C=O) groups excluding carboxylic acids is 1. The summed E-state index contributed by atoms with van der Waals surface area (Å²) in [5, 5.41) is 11.8. The number of nitriles is 1. The number of benzene rings is 2. The molecule has 2 rings (SSSR count). The van der Waals surface area contributed by atoms with E-state index >= 15 is 0 Å². The van der Waals surface area contributed by atoms with Gasteiger partial charge in [-0.1, -0.05) is 23.7 Å². The quantitative estimate of drug-likeness (QED) is 0.930. The van der Waals surface area contributed by atoms with Crippen molar-refractivity contribution in [3.63, 3.8) is 0 Å². The molecule has 0 unspecified atom stereocenters. The molecular formula is C16H12ClFN2O. The van der Waals surface area contributed by atoms with E-state index in [4.69, 9.17) is 16.9 Å². The molecule has 0 aliphatic carbocycles. The monoisotopic (exact) mass is 302 g/mol. The molecular weight excluding hydrogens is 291 g/mol. The molecule has 5 heteroatoms. The first-order chi connectivity index (χ1) is 10.1. The highest BCUT2D eigenvalue weighted by molar-refractivity contribution is 6.32. The molecule has 0 atom stereocenters. The zero-order chi connectivity index (χ0) is 15.2. The van der Waals surface area contributed by atoms with Gasteiger partial charge in [0, 0.05) is 12.1 Å². The number of rotatable bonds is 4. The summed E-state index contributed by atoms with van der Waals surface area (Å²) >= 11 is 5.89. The fourth-order valence-electron chi connectivity index (χ4n) is 1.86. The van der Waals surface area contributed by atoms with Crippen molar-refractivity contribution in [3.05, 3.63) is 64.4 Å². The van der Waals surface area contributed by atoms with Crippen LogP contribution in [-0.2, 0) is 11.2 Å². The summed E-state index contributed by atoms with van der Waals surface area (Å²) in [6.45, 7) is 0. The summed E-state index contributed by atoms with van der Waals surface area (Å²) in [5.41, 5.74) is 1.65. The van der Waals surface area contributed by atoms with Crippen molar-refractivity contribution in [2.45, 2.75) is 12.8 Å². The molecule has 106 valence electrons. The van der Waals surface area contributed by atoms with Crippen molar-refractivity contribution in [1.29, 1.82) is 5.26 Å². The number of amides is 1. The van der Waals surface area contributed by atoms with Crippen molar-refractivity contribution < 1.29 is 9.18 Å². The van der Waals surface area contributed by atoms with Crippen LogP contribution in [0.5, 0.6) is 0 Å². The highest BCUT2D eigenvalue weighted by atomic mass is 35.5. The Bertz CT molecular complexity index is 710. The normalized spacial score (nSPS) is 9.95. The van der Waals surface area contributed by atoms with E-state index in [2.05, 4.69) is 5.32 Å². The average Bonchev–Trinajstić information content (AvgIpc) is 2.45. The maximum absolute atomic E-state index is 13.0. The number of hydrogen-bond donors (Lipinski definition) is 1. The van der Waals surface area contributed by atoms with Gasteiger partial charge < -0.3 is 5.32 Å². The smallest absolute Gasteiger partial charge is 0.224 e. The van der Waals surface area contributed by atoms with Crippen molar-refractivity contribution in [3.8, 4) is 6.07 Å². The number of hydrogen-bond acceptors (Lipinski definition) is 2. The van der Waals surface area contributed by atoms with Crippen molar-refractivity contribution in [2.75, 3.05) is 5.32 Å². The van der Waals surface area contributed by atoms with Crippen LogP contribution in [-0.4, -0.2) is 5.91 Å². The van der Waals surface area contributed by atoms with Crippen LogP contribution in [0.25, 0.3) is 0 Å². The highest BCUT2D eigenvalue weighted by Gasteiger charge is 2.06. The topological polar surface area (TPSA) is 52.9 Å². The first-order valence-electron chi connectivity index (χ1n) is 6.32. The predicted octanol–water partition coefficient (Wildman–Crippen LogP) is 3.92. The van der Waals surface area contributed by atoms with Gasteiger partial charge in [-0.15, -0.1) is 0 Å². The number of anilines is 1. The second kappa shape index (κ2) is 6.87. The van der Waals surface area contributed by atoms with Crippen LogP contribution >= 0.6 is 11.6 Å². The summed E-state index contributed by atoms with van der Waals surface area (Å²) in [5.74, 6) is -0.508. The largest absolute Gasteiger partial charge is 0.326 e. The van der Waals surface area contributed by atoms with Crippen molar-refractivity contribution in [1.82, 2.24) is 0 Å². The second-order valence-electron chi connectivity index (χ2n) is 4.48. The second-order valence-corrected chi connectivity index (χ2v) is 4.89. The fourth-order valence-corrected chi connectivity index (χ4v) is 2.08. The number of carbonyl (C=O) groups is 1. The van der Waals surface area contributed by atoms with E-state index in [9.17, 15) is 9.18 Å². The third-order valence-corrected chi connectivity index (χ3v) is 3.22. The predicted molar refractivity (Wildman–Crippen MR) is 79.5 cm³/mol. The standard InChI is InChI=1S/C16H12ClFN2O/c17-15-9-14(6-5-12(15)10-19)20-16(21)7-4-11-2-1-3-13(18)8-11/h1-3,5-6,8-9H,4,7H2,(H,20,21). The molecule has 2 aromatic carbocycles. The van der Waals surface area contributed by atoms with E-state index in [0.29, 0.717) is 22.7 Å². The average molecular weight is 303 g/mol. The number of nitrogens with one attached hydrogen (secondary N) is 1. The Hall–Kier alpha value is -2.38. The summed E-state index contributed by atoms with van der Waals surface area (Å²) in [4.78, 5) is 11.8. The van der Waals surface area contributed by atoms with E-state index in [-0.39, 0.29) is 18.1 Å². The van der Waals surface area contributed by atoms with Gasteiger partial charge in [0.25, 0.3) is 0 Å². The Morgan fingerprint density at radius 1 is 1.29 bits per heavy atom. The Morgan fingerprint density at radius 3 is 2.76 bits per heavy atom. The van der Waals surface area contributed by atoms with Crippen LogP contribution < -0.4 is 5.32 Å². The van der Waals surface area contributed by atoms with Crippen LogP contribution in [0.1, 0.15) is 17.5 Å². The van der Waals surface area contributed by atoms with Gasteiger partial charge in [0.05, 0.1) is 10.6 Å². The number of nitrogens with zero attached hydrogens (tertiary/aromatic N) is 1. The number of aryl methyl sites for hydroxylation is 1. The lowest BCUT2D eigenvalue weighted by molar-refractivity contribution is -0.116. The van der Waals surface area contributed by atoms with Crippen LogP contribution in [0.4, 0.5) is 10.1 Å². The van der Waals surface area contributed by atoms with Crippen LogP contribution in [0.3, 0.4) is 0 Å². The van der Waals surface area contributed by atoms with Gasteiger partial charge in [-0.25, -0.2) is 4.39 Å². The molecule has 0 aliphatic heterocycles. The molecule has 2 aromatic rings. The molecule has 0 saturated heterocycles. The summed E-state index contributed by atoms with van der Waals surface area (Å²) < 4.78 is 13.0. The molecule has 0 aromatic heterocycles. The van der Waals surface area contributed by atoms with Gasteiger partial charge in [0.15, 0.2) is 0 Å². The number of halogens is 2. The minimum atomic E-state index is -0.313. The van der Waals surface area contributed by atoms with Crippen LogP contribution in [0.15, 0.2) is 42.5 Å². The van der Waals surface area contributed by atoms with E-state index in [1.807, 2.05) is 6.07 Å². The third-order valence-electron chi connectivity index (χ3n) is 2.90. The van der Waals surface area contributed by atoms with E-state index in [1.165, 1.54) is 18.2 Å². The van der Waals surface area contributed by atoms with Crippen LogP contribution in [0, 0.1) is 17.1 Å². The van der Waals surface area contributed by atoms with Gasteiger partial charge in [0.1, 0.15) is 11.9 Å². The molecule has 0 radical (unpaired) electrons. The van der Waals surface area contributed by atoms with E-state index in [1.54, 1.807) is 24.3 Å². The third kappa shape index (κ3) is 4.30. The zero-order valence-electron chi connectivity index (χ0n) is 11.1. The molecule has 0 bridgehead atoms. The SMILES string of the molecule is N#Cc1ccc(NC(=O)CCc2cccc(F)c2)cc1Cl. The fraction of sp³-hybridized carbons (Fsp3) is 0.125. The van der Waals surface area contributed by atoms with E-state index in [0.717, 1.165) is 5.56 Å². The lowest BCUT2D eigenvalue weighted by Crippen LogP contribution is -2.12. The van der Waals surface area contributed by atoms with E-state index < -0.39 is 0 Å². The zero-order valence-corrected chi connectivity index (χ0v) is 11.8. The minimum absolute atomic E-state index is 0.194. The molecule has 21 heavy (non-hydrogen) atoms. The van der Waals surface area contributed by atoms with Crippen molar-refractivity contribution >= 4 is 23.2 Å². The van der Waals surface area contributed by atoms with Gasteiger partial charge in [-0.2, -0.15) is 5.26 Å². The first kappa shape index (κ1) is 15.0. The van der Waals surface area contributed by atoms with Gasteiger partial charge in [-0.05, 0) is 42.3 Å². The molecule has 1 amide bonds. The Balaban J connectivity index is 1.93. The van der Waals surface area contributed by atoms with Gasteiger partial charge >= 0.3 is 0 Å². The highest BCUT2D eigenvalue weighted by Crippen LogP contribution is 2.20. The molecule has 0 fully saturated rings. The summed E-state index contributed by atoms with van der Waals surface area (Å²) in [6, 6.07) is 12.8. The molecule has 0 saturated carbocycles. The summed E-state index contributed by atoms with van der Waals surface area (Å²) in [7, 11) is 0. The summed E-state index contributed by atoms with van der Waals surface area (Å²) in [6.07, 6.45) is 0.689. The first-order valence-corrected chi connectivity index (χ1v) is 6.70. The minimum Gasteiger partial charge on any atom is -0.326 e. The molecule has 3 nitrogen and oxygen atoms in total. The van der Waals surface area contributed by atoms with Gasteiger partial charge in [-0.3, -0.25) is 4.79 Å². The lowest BCUT2D eigenvalue weighted by atomic mass is 10.1. The maximum atomic E-state index is 13.0. The molecule has 0 aliphatic rings. The van der Waals surface area contributed by atoms with Crippen molar-refractivity contribution in [2.24, 2.45) is 0 Å². The van der Waals surface area contributed by atoms with Gasteiger partial charge in [0.2, 0.25) is 5.91 Å². The molecule has 0 spiro atoms. The Morgan fingerprint density at radius 2 is 2.10 bits per heavy atom.